The van der Waals surface area contributed by atoms with Gasteiger partial charge in [-0.3, -0.25) is 9.89 Å². The molecule has 0 radical (unpaired) electrons. The van der Waals surface area contributed by atoms with Crippen LogP contribution in [0.25, 0.3) is 0 Å². The molecule has 2 fully saturated rings. The monoisotopic (exact) mass is 533 g/mol. The van der Waals surface area contributed by atoms with Crippen molar-refractivity contribution in [3.63, 3.8) is 0 Å². The number of nitrogens with one attached hydrogen (secondary N) is 2. The molecule has 0 bridgehead atoms. The average molecular weight is 533 g/mol. The van der Waals surface area contributed by atoms with Gasteiger partial charge in [-0.2, -0.15) is 0 Å². The van der Waals surface area contributed by atoms with E-state index in [2.05, 4.69) is 26.6 Å². The molecule has 1 amide bonds. The van der Waals surface area contributed by atoms with E-state index in [9.17, 15) is 4.79 Å². The SMILES string of the molecule is CCOC(=O)N1CCC(NC(=NC)NCC(c2ccc(C)o2)N2CCCC2)CC1.I. The van der Waals surface area contributed by atoms with Crippen molar-refractivity contribution in [3.8, 4) is 0 Å². The molecule has 3 rings (SSSR count). The van der Waals surface area contributed by atoms with Gasteiger partial charge < -0.3 is 24.7 Å². The van der Waals surface area contributed by atoms with Crippen molar-refractivity contribution in [2.24, 2.45) is 4.99 Å². The zero-order chi connectivity index (χ0) is 20.6. The topological polar surface area (TPSA) is 82.3 Å². The third-order valence-corrected chi connectivity index (χ3v) is 5.72. The maximum Gasteiger partial charge on any atom is 0.409 e. The van der Waals surface area contributed by atoms with Crippen LogP contribution in [0.4, 0.5) is 4.79 Å². The van der Waals surface area contributed by atoms with Crippen molar-refractivity contribution < 1.29 is 13.9 Å². The lowest BCUT2D eigenvalue weighted by molar-refractivity contribution is 0.0963. The number of carbonyl (C=O) groups is 1. The van der Waals surface area contributed by atoms with Gasteiger partial charge >= 0.3 is 6.09 Å². The molecule has 3 heterocycles. The lowest BCUT2D eigenvalue weighted by Crippen LogP contribution is -2.51. The van der Waals surface area contributed by atoms with Gasteiger partial charge in [-0.05, 0) is 64.8 Å². The maximum absolute atomic E-state index is 11.9. The first kappa shape index (κ1) is 24.8. The number of guanidine groups is 1. The second kappa shape index (κ2) is 12.4. The smallest absolute Gasteiger partial charge is 0.409 e. The van der Waals surface area contributed by atoms with E-state index in [0.29, 0.717) is 25.7 Å². The summed E-state index contributed by atoms with van der Waals surface area (Å²) in [4.78, 5) is 20.5. The number of hydrogen-bond donors (Lipinski definition) is 2. The number of furan rings is 1. The summed E-state index contributed by atoms with van der Waals surface area (Å²) in [6.45, 7) is 8.59. The molecular weight excluding hydrogens is 497 g/mol. The van der Waals surface area contributed by atoms with Gasteiger partial charge in [0.05, 0.1) is 12.6 Å². The lowest BCUT2D eigenvalue weighted by atomic mass is 10.1. The number of halogens is 1. The summed E-state index contributed by atoms with van der Waals surface area (Å²) in [5, 5.41) is 7.00. The second-order valence-corrected chi connectivity index (χ2v) is 7.76. The Kier molecular flexibility index (Phi) is 10.2. The van der Waals surface area contributed by atoms with E-state index >= 15 is 0 Å². The minimum absolute atomic E-state index is 0. The van der Waals surface area contributed by atoms with E-state index < -0.39 is 0 Å². The molecule has 1 unspecified atom stereocenters. The van der Waals surface area contributed by atoms with Crippen molar-refractivity contribution in [1.29, 1.82) is 0 Å². The molecule has 0 saturated carbocycles. The van der Waals surface area contributed by atoms with Crippen molar-refractivity contribution in [3.05, 3.63) is 23.7 Å². The highest BCUT2D eigenvalue weighted by Crippen LogP contribution is 2.26. The van der Waals surface area contributed by atoms with Crippen LogP contribution in [0.2, 0.25) is 0 Å². The number of amides is 1. The first-order valence-electron chi connectivity index (χ1n) is 10.8. The van der Waals surface area contributed by atoms with Gasteiger partial charge in [-0.25, -0.2) is 4.79 Å². The number of ether oxygens (including phenoxy) is 1. The van der Waals surface area contributed by atoms with E-state index in [4.69, 9.17) is 9.15 Å². The normalized spacial score (nSPS) is 19.3. The van der Waals surface area contributed by atoms with Gasteiger partial charge in [-0.1, -0.05) is 0 Å². The molecular formula is C21H36IN5O3. The summed E-state index contributed by atoms with van der Waals surface area (Å²) in [7, 11) is 1.80. The highest BCUT2D eigenvalue weighted by molar-refractivity contribution is 14.0. The fourth-order valence-corrected chi connectivity index (χ4v) is 4.10. The zero-order valence-electron chi connectivity index (χ0n) is 18.4. The average Bonchev–Trinajstić information content (AvgIpc) is 3.40. The van der Waals surface area contributed by atoms with Gasteiger partial charge in [0.2, 0.25) is 0 Å². The van der Waals surface area contributed by atoms with Crippen molar-refractivity contribution in [2.45, 2.75) is 51.6 Å². The number of carbonyl (C=O) groups excluding carboxylic acids is 1. The number of likely N-dealkylation sites (tertiary alicyclic amines) is 2. The van der Waals surface area contributed by atoms with Crippen LogP contribution < -0.4 is 10.6 Å². The number of rotatable bonds is 6. The van der Waals surface area contributed by atoms with Crippen molar-refractivity contribution >= 4 is 36.0 Å². The van der Waals surface area contributed by atoms with Crippen LogP contribution in [-0.2, 0) is 4.74 Å². The van der Waals surface area contributed by atoms with Gasteiger partial charge in [-0.15, -0.1) is 24.0 Å². The molecule has 0 spiro atoms. The van der Waals surface area contributed by atoms with Crippen LogP contribution in [-0.4, -0.2) is 74.3 Å². The largest absolute Gasteiger partial charge is 0.465 e. The Bertz CT molecular complexity index is 682. The Morgan fingerprint density at radius 1 is 1.27 bits per heavy atom. The van der Waals surface area contributed by atoms with Crippen LogP contribution in [0.5, 0.6) is 0 Å². The van der Waals surface area contributed by atoms with E-state index in [1.165, 1.54) is 12.8 Å². The van der Waals surface area contributed by atoms with E-state index in [-0.39, 0.29) is 36.1 Å². The number of piperidine rings is 1. The summed E-state index contributed by atoms with van der Waals surface area (Å²) in [5.74, 6) is 2.75. The molecule has 2 saturated heterocycles. The maximum atomic E-state index is 11.9. The standard InChI is InChI=1S/C21H35N5O3.HI/c1-4-28-21(27)26-13-9-17(10-14-26)24-20(22-3)23-15-18(25-11-5-6-12-25)19-8-7-16(2)29-19;/h7-8,17-18H,4-6,9-15H2,1-3H3,(H2,22,23,24);1H. The molecule has 0 aliphatic carbocycles. The predicted molar refractivity (Wildman–Crippen MR) is 129 cm³/mol. The minimum Gasteiger partial charge on any atom is -0.465 e. The molecule has 9 heteroatoms. The highest BCUT2D eigenvalue weighted by atomic mass is 127. The number of aliphatic imine (C=N–C) groups is 1. The molecule has 30 heavy (non-hydrogen) atoms. The fourth-order valence-electron chi connectivity index (χ4n) is 4.10. The highest BCUT2D eigenvalue weighted by Gasteiger charge is 2.27. The van der Waals surface area contributed by atoms with E-state index in [0.717, 1.165) is 50.0 Å². The number of aryl methyl sites for hydroxylation is 1. The van der Waals surface area contributed by atoms with Crippen LogP contribution in [0, 0.1) is 6.92 Å². The minimum atomic E-state index is -0.212. The Morgan fingerprint density at radius 2 is 1.97 bits per heavy atom. The Morgan fingerprint density at radius 3 is 2.53 bits per heavy atom. The summed E-state index contributed by atoms with van der Waals surface area (Å²) >= 11 is 0. The first-order chi connectivity index (χ1) is 14.1. The second-order valence-electron chi connectivity index (χ2n) is 7.76. The predicted octanol–water partition coefficient (Wildman–Crippen LogP) is 3.13. The third kappa shape index (κ3) is 6.76. The van der Waals surface area contributed by atoms with Gasteiger partial charge in [0.1, 0.15) is 11.5 Å². The summed E-state index contributed by atoms with van der Waals surface area (Å²) in [6, 6.07) is 4.61. The van der Waals surface area contributed by atoms with E-state index in [1.807, 2.05) is 19.9 Å². The Labute approximate surface area is 196 Å². The van der Waals surface area contributed by atoms with Crippen molar-refractivity contribution in [1.82, 2.24) is 20.4 Å². The third-order valence-electron chi connectivity index (χ3n) is 5.72. The zero-order valence-corrected chi connectivity index (χ0v) is 20.7. The molecule has 2 aliphatic heterocycles. The molecule has 8 nitrogen and oxygen atoms in total. The fraction of sp³-hybridized carbons (Fsp3) is 0.714. The number of nitrogens with zero attached hydrogens (tertiary/aromatic N) is 3. The summed E-state index contributed by atoms with van der Waals surface area (Å²) in [5.41, 5.74) is 0. The molecule has 2 N–H and O–H groups in total. The van der Waals surface area contributed by atoms with E-state index in [1.54, 1.807) is 11.9 Å². The Balaban J connectivity index is 0.00000320. The molecule has 1 atom stereocenters. The van der Waals surface area contributed by atoms with Crippen LogP contribution in [0.1, 0.15) is 50.2 Å². The van der Waals surface area contributed by atoms with Crippen LogP contribution in [0.3, 0.4) is 0 Å². The van der Waals surface area contributed by atoms with Gasteiger partial charge in [0.15, 0.2) is 5.96 Å². The Hall–Kier alpha value is -1.49. The van der Waals surface area contributed by atoms with Gasteiger partial charge in [0, 0.05) is 32.7 Å². The molecule has 0 aromatic carbocycles. The summed E-state index contributed by atoms with van der Waals surface area (Å²) in [6.07, 6.45) is 4.03. The number of hydrogen-bond acceptors (Lipinski definition) is 5. The summed E-state index contributed by atoms with van der Waals surface area (Å²) < 4.78 is 11.0. The van der Waals surface area contributed by atoms with Gasteiger partial charge in [0.25, 0.3) is 0 Å². The molecule has 1 aromatic rings. The van der Waals surface area contributed by atoms with Crippen molar-refractivity contribution in [2.75, 3.05) is 46.4 Å². The lowest BCUT2D eigenvalue weighted by Gasteiger charge is -2.33. The van der Waals surface area contributed by atoms with Crippen LogP contribution >= 0.6 is 24.0 Å². The molecule has 170 valence electrons. The van der Waals surface area contributed by atoms with Crippen LogP contribution in [0.15, 0.2) is 21.5 Å². The first-order valence-corrected chi connectivity index (χ1v) is 10.8. The quantitative estimate of drug-likeness (QED) is 0.332. The molecule has 1 aromatic heterocycles. The molecule has 2 aliphatic rings.